The molecule has 4 heteroatoms. The molecule has 1 rings (SSSR count). The normalized spacial score (nSPS) is 12.4. The lowest BCUT2D eigenvalue weighted by molar-refractivity contribution is -0.117. The fourth-order valence-electron chi connectivity index (χ4n) is 1.45. The van der Waals surface area contributed by atoms with Crippen molar-refractivity contribution in [3.8, 4) is 0 Å². The molecule has 1 aromatic carbocycles. The van der Waals surface area contributed by atoms with E-state index in [0.717, 1.165) is 16.5 Å². The summed E-state index contributed by atoms with van der Waals surface area (Å²) < 4.78 is 1.04. The van der Waals surface area contributed by atoms with Crippen LogP contribution in [-0.2, 0) is 4.79 Å². The molecular weight excluding hydrogens is 256 g/mol. The summed E-state index contributed by atoms with van der Waals surface area (Å²) in [6.45, 7) is 2.28. The van der Waals surface area contributed by atoms with E-state index in [-0.39, 0.29) is 18.5 Å². The number of nitrogens with one attached hydrogen (secondary N) is 1. The van der Waals surface area contributed by atoms with Crippen LogP contribution in [0.1, 0.15) is 24.9 Å². The van der Waals surface area contributed by atoms with Crippen LogP contribution in [0, 0.1) is 0 Å². The van der Waals surface area contributed by atoms with Crippen molar-refractivity contribution in [3.63, 3.8) is 0 Å². The average Bonchev–Trinajstić information content (AvgIpc) is 2.18. The van der Waals surface area contributed by atoms with Gasteiger partial charge in [-0.2, -0.15) is 0 Å². The number of carbonyl (C=O) groups excluding carboxylic acids is 1. The number of benzene rings is 1. The number of halogens is 1. The van der Waals surface area contributed by atoms with Crippen molar-refractivity contribution >= 4 is 21.8 Å². The molecule has 0 aliphatic rings. The summed E-state index contributed by atoms with van der Waals surface area (Å²) in [5.74, 6) is -0.330. The zero-order valence-electron chi connectivity index (χ0n) is 8.66. The quantitative estimate of drug-likeness (QED) is 0.860. The summed E-state index contributed by atoms with van der Waals surface area (Å²) >= 11 is 3.42. The Balaban J connectivity index is 2.69. The molecule has 1 aromatic rings. The molecule has 0 fully saturated rings. The van der Waals surface area contributed by atoms with E-state index in [1.54, 1.807) is 0 Å². The predicted molar refractivity (Wildman–Crippen MR) is 64.4 cm³/mol. The Kier molecular flexibility index (Phi) is 4.78. The summed E-state index contributed by atoms with van der Waals surface area (Å²) in [5.41, 5.74) is 6.25. The maximum absolute atomic E-state index is 10.7. The highest BCUT2D eigenvalue weighted by molar-refractivity contribution is 9.10. The van der Waals surface area contributed by atoms with Crippen molar-refractivity contribution < 1.29 is 4.79 Å². The summed E-state index contributed by atoms with van der Waals surface area (Å²) in [4.78, 5) is 10.7. The Hall–Kier alpha value is -0.870. The topological polar surface area (TPSA) is 55.1 Å². The van der Waals surface area contributed by atoms with E-state index in [0.29, 0.717) is 0 Å². The van der Waals surface area contributed by atoms with E-state index in [2.05, 4.69) is 28.2 Å². The molecule has 3 N–H and O–H groups in total. The van der Waals surface area contributed by atoms with Crippen molar-refractivity contribution in [2.75, 3.05) is 6.54 Å². The number of amides is 1. The highest BCUT2D eigenvalue weighted by Crippen LogP contribution is 2.20. The van der Waals surface area contributed by atoms with E-state index in [9.17, 15) is 4.79 Å². The van der Waals surface area contributed by atoms with Crippen molar-refractivity contribution in [3.05, 3.63) is 34.3 Å². The van der Waals surface area contributed by atoms with Crippen LogP contribution in [-0.4, -0.2) is 12.5 Å². The first-order valence-electron chi connectivity index (χ1n) is 4.90. The van der Waals surface area contributed by atoms with Crippen LogP contribution >= 0.6 is 15.9 Å². The molecule has 0 aliphatic heterocycles. The lowest BCUT2D eigenvalue weighted by Crippen LogP contribution is -2.31. The van der Waals surface area contributed by atoms with Gasteiger partial charge >= 0.3 is 0 Å². The summed E-state index contributed by atoms with van der Waals surface area (Å²) in [6, 6.07) is 8.21. The van der Waals surface area contributed by atoms with Crippen molar-refractivity contribution in [1.82, 2.24) is 5.32 Å². The van der Waals surface area contributed by atoms with E-state index in [1.165, 1.54) is 0 Å². The second kappa shape index (κ2) is 5.88. The van der Waals surface area contributed by atoms with E-state index in [1.807, 2.05) is 24.3 Å². The summed E-state index contributed by atoms with van der Waals surface area (Å²) in [5, 5.41) is 3.12. The third-order valence-corrected chi connectivity index (χ3v) is 2.68. The van der Waals surface area contributed by atoms with Gasteiger partial charge in [0.05, 0.1) is 6.54 Å². The molecule has 15 heavy (non-hydrogen) atoms. The average molecular weight is 271 g/mol. The van der Waals surface area contributed by atoms with Crippen molar-refractivity contribution in [1.29, 1.82) is 0 Å². The number of rotatable bonds is 5. The molecule has 1 amide bonds. The Morgan fingerprint density at radius 2 is 2.33 bits per heavy atom. The van der Waals surface area contributed by atoms with Gasteiger partial charge < -0.3 is 11.1 Å². The molecular formula is C11H15BrN2O. The zero-order valence-corrected chi connectivity index (χ0v) is 10.3. The molecule has 0 aliphatic carbocycles. The molecule has 0 aromatic heterocycles. The smallest absolute Gasteiger partial charge is 0.231 e. The SMILES string of the molecule is CCC(NCC(N)=O)c1cccc(Br)c1. The Labute approximate surface area is 98.2 Å². The summed E-state index contributed by atoms with van der Waals surface area (Å²) in [7, 11) is 0. The van der Waals surface area contributed by atoms with Gasteiger partial charge in [-0.15, -0.1) is 0 Å². The van der Waals surface area contributed by atoms with Gasteiger partial charge in [-0.25, -0.2) is 0 Å². The lowest BCUT2D eigenvalue weighted by Gasteiger charge is -2.16. The van der Waals surface area contributed by atoms with Crippen molar-refractivity contribution in [2.24, 2.45) is 5.73 Å². The number of carbonyl (C=O) groups is 1. The fraction of sp³-hybridized carbons (Fsp3) is 0.364. The maximum atomic E-state index is 10.7. The number of primary amides is 1. The minimum Gasteiger partial charge on any atom is -0.369 e. The first-order valence-corrected chi connectivity index (χ1v) is 5.70. The largest absolute Gasteiger partial charge is 0.369 e. The number of hydrogen-bond acceptors (Lipinski definition) is 2. The lowest BCUT2D eigenvalue weighted by atomic mass is 10.0. The third-order valence-electron chi connectivity index (χ3n) is 2.18. The molecule has 0 bridgehead atoms. The molecule has 1 unspecified atom stereocenters. The Bertz CT molecular complexity index is 341. The van der Waals surface area contributed by atoms with E-state index < -0.39 is 0 Å². The fourth-order valence-corrected chi connectivity index (χ4v) is 1.86. The molecule has 3 nitrogen and oxygen atoms in total. The highest BCUT2D eigenvalue weighted by Gasteiger charge is 2.09. The van der Waals surface area contributed by atoms with Gasteiger partial charge in [0.25, 0.3) is 0 Å². The highest BCUT2D eigenvalue weighted by atomic mass is 79.9. The van der Waals surface area contributed by atoms with Crippen LogP contribution in [0.15, 0.2) is 28.7 Å². The van der Waals surface area contributed by atoms with Crippen LogP contribution in [0.25, 0.3) is 0 Å². The van der Waals surface area contributed by atoms with Crippen molar-refractivity contribution in [2.45, 2.75) is 19.4 Å². The zero-order chi connectivity index (χ0) is 11.3. The second-order valence-corrected chi connectivity index (χ2v) is 4.28. The maximum Gasteiger partial charge on any atom is 0.231 e. The number of hydrogen-bond donors (Lipinski definition) is 2. The molecule has 1 atom stereocenters. The second-order valence-electron chi connectivity index (χ2n) is 3.36. The number of nitrogens with two attached hydrogens (primary N) is 1. The molecule has 0 heterocycles. The minimum absolute atomic E-state index is 0.176. The molecule has 0 saturated heterocycles. The van der Waals surface area contributed by atoms with E-state index in [4.69, 9.17) is 5.73 Å². The molecule has 0 saturated carbocycles. The minimum atomic E-state index is -0.330. The third kappa shape index (κ3) is 4.01. The van der Waals surface area contributed by atoms with Gasteiger partial charge in [-0.05, 0) is 24.1 Å². The van der Waals surface area contributed by atoms with Crippen LogP contribution in [0.2, 0.25) is 0 Å². The first-order chi connectivity index (χ1) is 7.13. The van der Waals surface area contributed by atoms with Crippen LogP contribution in [0.4, 0.5) is 0 Å². The van der Waals surface area contributed by atoms with Gasteiger partial charge in [0.1, 0.15) is 0 Å². The Morgan fingerprint density at radius 3 is 2.87 bits per heavy atom. The molecule has 0 radical (unpaired) electrons. The van der Waals surface area contributed by atoms with E-state index >= 15 is 0 Å². The Morgan fingerprint density at radius 1 is 1.60 bits per heavy atom. The van der Waals surface area contributed by atoms with Crippen LogP contribution < -0.4 is 11.1 Å². The summed E-state index contributed by atoms with van der Waals surface area (Å²) in [6.07, 6.45) is 0.920. The van der Waals surface area contributed by atoms with Gasteiger partial charge in [0.15, 0.2) is 0 Å². The monoisotopic (exact) mass is 270 g/mol. The first kappa shape index (κ1) is 12.2. The molecule has 0 spiro atoms. The molecule has 82 valence electrons. The van der Waals surface area contributed by atoms with Gasteiger partial charge in [0, 0.05) is 10.5 Å². The van der Waals surface area contributed by atoms with Crippen LogP contribution in [0.5, 0.6) is 0 Å². The van der Waals surface area contributed by atoms with Gasteiger partial charge in [-0.3, -0.25) is 4.79 Å². The standard InChI is InChI=1S/C11H15BrN2O/c1-2-10(14-7-11(13)15)8-4-3-5-9(12)6-8/h3-6,10,14H,2,7H2,1H3,(H2,13,15). The van der Waals surface area contributed by atoms with Gasteiger partial charge in [0.2, 0.25) is 5.91 Å². The van der Waals surface area contributed by atoms with Gasteiger partial charge in [-0.1, -0.05) is 35.0 Å². The van der Waals surface area contributed by atoms with Crippen LogP contribution in [0.3, 0.4) is 0 Å². The predicted octanol–water partition coefficient (Wildman–Crippen LogP) is 1.98.